The second-order valence-electron chi connectivity index (χ2n) is 8.27. The Morgan fingerprint density at radius 1 is 1.15 bits per heavy atom. The lowest BCUT2D eigenvalue weighted by atomic mass is 10.0. The molecule has 0 amide bonds. The molecule has 1 aliphatic heterocycles. The predicted molar refractivity (Wildman–Crippen MR) is 132 cm³/mol. The van der Waals surface area contributed by atoms with Crippen LogP contribution in [0.25, 0.3) is 10.9 Å². The van der Waals surface area contributed by atoms with Gasteiger partial charge in [0.2, 0.25) is 0 Å². The SMILES string of the molecule is COc1ccc2nccc(CCCc3ccnc(SCCOC(=O)[C@@H]4CCCNC4)c3)c2c1. The zero-order valence-electron chi connectivity index (χ0n) is 19.1. The van der Waals surface area contributed by atoms with Crippen molar-refractivity contribution in [1.82, 2.24) is 15.3 Å². The third kappa shape index (κ3) is 6.68. The summed E-state index contributed by atoms with van der Waals surface area (Å²) < 4.78 is 10.8. The molecular weight excluding hydrogens is 434 g/mol. The van der Waals surface area contributed by atoms with Crippen molar-refractivity contribution < 1.29 is 14.3 Å². The molecule has 6 nitrogen and oxygen atoms in total. The van der Waals surface area contributed by atoms with Crippen LogP contribution in [0.5, 0.6) is 5.75 Å². The first-order valence-electron chi connectivity index (χ1n) is 11.6. The summed E-state index contributed by atoms with van der Waals surface area (Å²) in [5.74, 6) is 1.50. The van der Waals surface area contributed by atoms with Crippen LogP contribution >= 0.6 is 11.8 Å². The number of fused-ring (bicyclic) bond motifs is 1. The molecule has 1 aliphatic rings. The van der Waals surface area contributed by atoms with Gasteiger partial charge in [0.15, 0.2) is 0 Å². The van der Waals surface area contributed by atoms with Gasteiger partial charge < -0.3 is 14.8 Å². The van der Waals surface area contributed by atoms with E-state index in [-0.39, 0.29) is 11.9 Å². The molecule has 1 fully saturated rings. The van der Waals surface area contributed by atoms with Gasteiger partial charge in [-0.2, -0.15) is 0 Å². The maximum Gasteiger partial charge on any atom is 0.310 e. The molecule has 3 aromatic rings. The molecule has 0 radical (unpaired) electrons. The van der Waals surface area contributed by atoms with Crippen molar-refractivity contribution in [1.29, 1.82) is 0 Å². The van der Waals surface area contributed by atoms with E-state index in [9.17, 15) is 4.79 Å². The quantitative estimate of drug-likeness (QED) is 0.269. The van der Waals surface area contributed by atoms with Gasteiger partial charge in [-0.3, -0.25) is 9.78 Å². The van der Waals surface area contributed by atoms with Crippen LogP contribution < -0.4 is 10.1 Å². The number of esters is 1. The van der Waals surface area contributed by atoms with Crippen LogP contribution in [0.15, 0.2) is 53.8 Å². The average molecular weight is 466 g/mol. The molecule has 0 saturated carbocycles. The number of methoxy groups -OCH3 is 1. The number of thioether (sulfide) groups is 1. The highest BCUT2D eigenvalue weighted by Gasteiger charge is 2.22. The highest BCUT2D eigenvalue weighted by molar-refractivity contribution is 7.99. The van der Waals surface area contributed by atoms with Gasteiger partial charge in [-0.05, 0) is 86.2 Å². The monoisotopic (exact) mass is 465 g/mol. The number of carbonyl (C=O) groups excluding carboxylic acids is 1. The summed E-state index contributed by atoms with van der Waals surface area (Å²) in [5, 5.41) is 5.38. The fourth-order valence-electron chi connectivity index (χ4n) is 4.15. The van der Waals surface area contributed by atoms with Crippen LogP contribution in [0.2, 0.25) is 0 Å². The van der Waals surface area contributed by atoms with Crippen LogP contribution in [0, 0.1) is 5.92 Å². The van der Waals surface area contributed by atoms with Gasteiger partial charge in [0.25, 0.3) is 0 Å². The van der Waals surface area contributed by atoms with E-state index in [1.165, 1.54) is 11.1 Å². The third-order valence-electron chi connectivity index (χ3n) is 5.96. The van der Waals surface area contributed by atoms with Gasteiger partial charge in [0, 0.05) is 30.1 Å². The molecule has 0 bridgehead atoms. The Balaban J connectivity index is 1.24. The van der Waals surface area contributed by atoms with Crippen LogP contribution in [0.1, 0.15) is 30.4 Å². The van der Waals surface area contributed by atoms with Gasteiger partial charge in [-0.25, -0.2) is 4.98 Å². The number of piperidine rings is 1. The number of hydrogen-bond donors (Lipinski definition) is 1. The van der Waals surface area contributed by atoms with Crippen molar-refractivity contribution in [3.63, 3.8) is 0 Å². The van der Waals surface area contributed by atoms with Gasteiger partial charge >= 0.3 is 5.97 Å². The second kappa shape index (κ2) is 12.0. The molecule has 4 rings (SSSR count). The van der Waals surface area contributed by atoms with Crippen LogP contribution in [-0.4, -0.2) is 48.5 Å². The van der Waals surface area contributed by atoms with E-state index in [1.807, 2.05) is 24.5 Å². The zero-order valence-corrected chi connectivity index (χ0v) is 19.9. The summed E-state index contributed by atoms with van der Waals surface area (Å²) in [7, 11) is 1.69. The predicted octanol–water partition coefficient (Wildman–Crippen LogP) is 4.45. The van der Waals surface area contributed by atoms with E-state index >= 15 is 0 Å². The van der Waals surface area contributed by atoms with Crippen LogP contribution in [0.3, 0.4) is 0 Å². The van der Waals surface area contributed by atoms with E-state index < -0.39 is 0 Å². The van der Waals surface area contributed by atoms with Crippen molar-refractivity contribution in [2.75, 3.05) is 32.6 Å². The molecule has 7 heteroatoms. The van der Waals surface area contributed by atoms with Gasteiger partial charge in [-0.15, -0.1) is 11.8 Å². The molecule has 2 aromatic heterocycles. The topological polar surface area (TPSA) is 73.3 Å². The van der Waals surface area contributed by atoms with E-state index in [0.717, 1.165) is 66.9 Å². The van der Waals surface area contributed by atoms with E-state index in [0.29, 0.717) is 12.4 Å². The zero-order chi connectivity index (χ0) is 22.9. The first-order chi connectivity index (χ1) is 16.2. The molecule has 1 atom stereocenters. The number of aryl methyl sites for hydroxylation is 2. The maximum atomic E-state index is 12.1. The lowest BCUT2D eigenvalue weighted by Crippen LogP contribution is -2.35. The highest BCUT2D eigenvalue weighted by Crippen LogP contribution is 2.24. The minimum Gasteiger partial charge on any atom is -0.497 e. The third-order valence-corrected chi connectivity index (χ3v) is 6.85. The minimum absolute atomic E-state index is 0.00352. The molecule has 1 aromatic carbocycles. The standard InChI is InChI=1S/C26H31N3O3S/c1-31-22-7-8-24-23(17-22)20(10-13-28-24)5-2-4-19-9-12-29-25(16-19)33-15-14-32-26(30)21-6-3-11-27-18-21/h7-10,12-13,16-17,21,27H,2-6,11,14-15,18H2,1H3/t21-/m1/s1. The molecule has 33 heavy (non-hydrogen) atoms. The van der Waals surface area contributed by atoms with E-state index in [4.69, 9.17) is 9.47 Å². The summed E-state index contributed by atoms with van der Waals surface area (Å²) in [4.78, 5) is 21.0. The number of nitrogens with zero attached hydrogens (tertiary/aromatic N) is 2. The van der Waals surface area contributed by atoms with E-state index in [1.54, 1.807) is 18.9 Å². The van der Waals surface area contributed by atoms with Crippen molar-refractivity contribution in [3.8, 4) is 5.75 Å². The molecule has 3 heterocycles. The molecule has 1 saturated heterocycles. The molecule has 0 aliphatic carbocycles. The Labute approximate surface area is 199 Å². The Kier molecular flexibility index (Phi) is 8.55. The number of pyridine rings is 2. The Morgan fingerprint density at radius 3 is 2.91 bits per heavy atom. The number of hydrogen-bond acceptors (Lipinski definition) is 7. The lowest BCUT2D eigenvalue weighted by molar-refractivity contribution is -0.148. The number of ether oxygens (including phenoxy) is 2. The number of nitrogens with one attached hydrogen (secondary N) is 1. The largest absolute Gasteiger partial charge is 0.497 e. The lowest BCUT2D eigenvalue weighted by Gasteiger charge is -2.20. The van der Waals surface area contributed by atoms with Crippen molar-refractivity contribution >= 4 is 28.6 Å². The number of carbonyl (C=O) groups is 1. The summed E-state index contributed by atoms with van der Waals surface area (Å²) in [6.45, 7) is 2.15. The van der Waals surface area contributed by atoms with Crippen molar-refractivity contribution in [3.05, 3.63) is 59.9 Å². The number of rotatable bonds is 10. The molecule has 174 valence electrons. The summed E-state index contributed by atoms with van der Waals surface area (Å²) in [6, 6.07) is 12.3. The first kappa shape index (κ1) is 23.5. The van der Waals surface area contributed by atoms with Gasteiger partial charge in [0.1, 0.15) is 12.4 Å². The molecular formula is C26H31N3O3S. The summed E-state index contributed by atoms with van der Waals surface area (Å²) in [6.07, 6.45) is 8.70. The van der Waals surface area contributed by atoms with Gasteiger partial charge in [0.05, 0.1) is 23.6 Å². The Hall–Kier alpha value is -2.64. The Bertz CT molecular complexity index is 1070. The second-order valence-corrected chi connectivity index (χ2v) is 9.38. The van der Waals surface area contributed by atoms with E-state index in [2.05, 4.69) is 39.6 Å². The smallest absolute Gasteiger partial charge is 0.310 e. The minimum atomic E-state index is -0.0780. The Morgan fingerprint density at radius 2 is 2.06 bits per heavy atom. The van der Waals surface area contributed by atoms with Crippen molar-refractivity contribution in [2.45, 2.75) is 37.1 Å². The normalized spacial score (nSPS) is 16.0. The van der Waals surface area contributed by atoms with Gasteiger partial charge in [-0.1, -0.05) is 0 Å². The fourth-order valence-corrected chi connectivity index (χ4v) is 4.90. The van der Waals surface area contributed by atoms with Crippen LogP contribution in [0.4, 0.5) is 0 Å². The molecule has 0 unspecified atom stereocenters. The molecule has 0 spiro atoms. The average Bonchev–Trinajstić information content (AvgIpc) is 2.87. The fraction of sp³-hybridized carbons (Fsp3) is 0.423. The highest BCUT2D eigenvalue weighted by atomic mass is 32.2. The van der Waals surface area contributed by atoms with Crippen LogP contribution in [-0.2, 0) is 22.4 Å². The molecule has 1 N–H and O–H groups in total. The maximum absolute atomic E-state index is 12.1. The first-order valence-corrected chi connectivity index (χ1v) is 12.6. The van der Waals surface area contributed by atoms with Crippen molar-refractivity contribution in [2.24, 2.45) is 5.92 Å². The summed E-state index contributed by atoms with van der Waals surface area (Å²) >= 11 is 1.63. The number of benzene rings is 1. The summed E-state index contributed by atoms with van der Waals surface area (Å²) in [5.41, 5.74) is 3.56. The number of aromatic nitrogens is 2.